The molecule has 1 saturated heterocycles. The molecule has 8 heteroatoms. The van der Waals surface area contributed by atoms with Crippen molar-refractivity contribution >= 4 is 17.4 Å². The van der Waals surface area contributed by atoms with E-state index in [-0.39, 0.29) is 5.91 Å². The maximum Gasteiger partial charge on any atom is 0.274 e. The minimum atomic E-state index is -0.0626. The Morgan fingerprint density at radius 1 is 1.12 bits per heavy atom. The molecule has 1 amide bonds. The molecule has 4 rings (SSSR count). The van der Waals surface area contributed by atoms with Crippen molar-refractivity contribution < 1.29 is 4.79 Å². The summed E-state index contributed by atoms with van der Waals surface area (Å²) in [6, 6.07) is 5.89. The average Bonchev–Trinajstić information content (AvgIpc) is 3.12. The first-order valence-electron chi connectivity index (χ1n) is 8.72. The Bertz CT molecular complexity index is 911. The van der Waals surface area contributed by atoms with Gasteiger partial charge in [0, 0.05) is 39.3 Å². The number of nitrogens with zero attached hydrogens (tertiary/aromatic N) is 7. The Kier molecular flexibility index (Phi) is 4.24. The molecule has 8 nitrogen and oxygen atoms in total. The monoisotopic (exact) mass is 351 g/mol. The molecule has 0 aromatic carbocycles. The summed E-state index contributed by atoms with van der Waals surface area (Å²) in [7, 11) is 3.79. The molecule has 3 aromatic heterocycles. The van der Waals surface area contributed by atoms with Crippen LogP contribution in [0.5, 0.6) is 0 Å². The summed E-state index contributed by atoms with van der Waals surface area (Å²) in [5.41, 5.74) is 1.25. The number of aromatic nitrogens is 5. The lowest BCUT2D eigenvalue weighted by Crippen LogP contribution is -2.38. The zero-order valence-electron chi connectivity index (χ0n) is 14.9. The topological polar surface area (TPSA) is 79.5 Å². The molecule has 0 N–H and O–H groups in total. The van der Waals surface area contributed by atoms with E-state index in [0.717, 1.165) is 30.1 Å². The number of anilines is 1. The lowest BCUT2D eigenvalue weighted by Gasteiger charge is -2.31. The first-order valence-corrected chi connectivity index (χ1v) is 8.72. The van der Waals surface area contributed by atoms with Crippen LogP contribution in [0.2, 0.25) is 0 Å². The zero-order valence-corrected chi connectivity index (χ0v) is 14.9. The van der Waals surface area contributed by atoms with Gasteiger partial charge >= 0.3 is 0 Å². The lowest BCUT2D eigenvalue weighted by molar-refractivity contribution is 0.0704. The summed E-state index contributed by atoms with van der Waals surface area (Å²) in [6.07, 6.45) is 6.90. The van der Waals surface area contributed by atoms with Gasteiger partial charge in [0.1, 0.15) is 17.3 Å². The van der Waals surface area contributed by atoms with Crippen LogP contribution in [-0.4, -0.2) is 62.6 Å². The fourth-order valence-corrected chi connectivity index (χ4v) is 3.30. The second-order valence-corrected chi connectivity index (χ2v) is 6.71. The molecule has 0 saturated carbocycles. The number of hydrogen-bond donors (Lipinski definition) is 0. The molecule has 0 unspecified atom stereocenters. The summed E-state index contributed by atoms with van der Waals surface area (Å²) in [6.45, 7) is 1.37. The van der Waals surface area contributed by atoms with E-state index in [0.29, 0.717) is 24.7 Å². The molecule has 0 atom stereocenters. The number of carbonyl (C=O) groups is 1. The van der Waals surface area contributed by atoms with Crippen molar-refractivity contribution in [2.24, 2.45) is 0 Å². The van der Waals surface area contributed by atoms with Gasteiger partial charge in [-0.2, -0.15) is 0 Å². The van der Waals surface area contributed by atoms with E-state index in [1.165, 1.54) is 0 Å². The smallest absolute Gasteiger partial charge is 0.274 e. The van der Waals surface area contributed by atoms with Crippen LogP contribution in [0.4, 0.5) is 5.82 Å². The third-order valence-electron chi connectivity index (χ3n) is 4.80. The Labute approximate surface area is 151 Å². The largest absolute Gasteiger partial charge is 0.361 e. The highest BCUT2D eigenvalue weighted by Gasteiger charge is 2.28. The number of rotatable bonds is 3. The molecule has 1 aliphatic heterocycles. The SMILES string of the molecule is CN(C)c1cnc(C(=O)N2CCC(c3nnc4ccccn34)CC2)cn1. The van der Waals surface area contributed by atoms with E-state index in [9.17, 15) is 4.79 Å². The van der Waals surface area contributed by atoms with Gasteiger partial charge in [-0.05, 0) is 25.0 Å². The standard InChI is InChI=1S/C18H21N7O/c1-23(2)16-12-19-14(11-20-16)18(26)24-9-6-13(7-10-24)17-22-21-15-5-3-4-8-25(15)17/h3-5,8,11-13H,6-7,9-10H2,1-2H3. The van der Waals surface area contributed by atoms with Crippen molar-refractivity contribution in [1.29, 1.82) is 0 Å². The Morgan fingerprint density at radius 2 is 1.92 bits per heavy atom. The first kappa shape index (κ1) is 16.4. The van der Waals surface area contributed by atoms with E-state index in [1.54, 1.807) is 12.4 Å². The number of piperidine rings is 1. The van der Waals surface area contributed by atoms with Crippen LogP contribution in [0, 0.1) is 0 Å². The quantitative estimate of drug-likeness (QED) is 0.713. The summed E-state index contributed by atoms with van der Waals surface area (Å²) in [5, 5.41) is 8.58. The highest BCUT2D eigenvalue weighted by atomic mass is 16.2. The fourth-order valence-electron chi connectivity index (χ4n) is 3.30. The molecule has 3 aromatic rings. The van der Waals surface area contributed by atoms with Gasteiger partial charge in [-0.25, -0.2) is 9.97 Å². The summed E-state index contributed by atoms with van der Waals surface area (Å²) in [4.78, 5) is 24.9. The average molecular weight is 351 g/mol. The molecule has 0 spiro atoms. The Hall–Kier alpha value is -3.03. The highest BCUT2D eigenvalue weighted by Crippen LogP contribution is 2.27. The lowest BCUT2D eigenvalue weighted by atomic mass is 9.96. The number of carbonyl (C=O) groups excluding carboxylic acids is 1. The van der Waals surface area contributed by atoms with Crippen LogP contribution < -0.4 is 4.90 Å². The maximum atomic E-state index is 12.7. The van der Waals surface area contributed by atoms with Crippen molar-refractivity contribution in [3.63, 3.8) is 0 Å². The third kappa shape index (κ3) is 2.98. The second-order valence-electron chi connectivity index (χ2n) is 6.71. The van der Waals surface area contributed by atoms with Gasteiger partial charge in [0.25, 0.3) is 5.91 Å². The number of fused-ring (bicyclic) bond motifs is 1. The van der Waals surface area contributed by atoms with Gasteiger partial charge in [0.05, 0.1) is 12.4 Å². The molecule has 1 fully saturated rings. The number of pyridine rings is 1. The fraction of sp³-hybridized carbons (Fsp3) is 0.389. The number of likely N-dealkylation sites (tertiary alicyclic amines) is 1. The van der Waals surface area contributed by atoms with Crippen LogP contribution in [0.1, 0.15) is 35.1 Å². The minimum Gasteiger partial charge on any atom is -0.361 e. The number of amides is 1. The van der Waals surface area contributed by atoms with Crippen molar-refractivity contribution in [1.82, 2.24) is 29.5 Å². The van der Waals surface area contributed by atoms with E-state index < -0.39 is 0 Å². The maximum absolute atomic E-state index is 12.7. The first-order chi connectivity index (χ1) is 12.6. The molecule has 134 valence electrons. The van der Waals surface area contributed by atoms with E-state index in [1.807, 2.05) is 52.7 Å². The third-order valence-corrected chi connectivity index (χ3v) is 4.80. The van der Waals surface area contributed by atoms with Crippen molar-refractivity contribution in [3.05, 3.63) is 48.3 Å². The summed E-state index contributed by atoms with van der Waals surface area (Å²) >= 11 is 0. The molecule has 0 radical (unpaired) electrons. The highest BCUT2D eigenvalue weighted by molar-refractivity contribution is 5.92. The van der Waals surface area contributed by atoms with Crippen LogP contribution in [0.15, 0.2) is 36.8 Å². The van der Waals surface area contributed by atoms with Crippen LogP contribution in [0.25, 0.3) is 5.65 Å². The van der Waals surface area contributed by atoms with Gasteiger partial charge in [-0.1, -0.05) is 6.07 Å². The molecule has 1 aliphatic rings. The van der Waals surface area contributed by atoms with Gasteiger partial charge in [-0.15, -0.1) is 10.2 Å². The van der Waals surface area contributed by atoms with Crippen LogP contribution >= 0.6 is 0 Å². The Balaban J connectivity index is 1.44. The van der Waals surface area contributed by atoms with Gasteiger partial charge in [-0.3, -0.25) is 9.20 Å². The van der Waals surface area contributed by atoms with Crippen LogP contribution in [0.3, 0.4) is 0 Å². The molecule has 4 heterocycles. The van der Waals surface area contributed by atoms with Crippen molar-refractivity contribution in [2.75, 3.05) is 32.1 Å². The molecule has 0 bridgehead atoms. The molecule has 0 aliphatic carbocycles. The van der Waals surface area contributed by atoms with E-state index in [4.69, 9.17) is 0 Å². The van der Waals surface area contributed by atoms with E-state index in [2.05, 4.69) is 20.2 Å². The van der Waals surface area contributed by atoms with Gasteiger partial charge in [0.2, 0.25) is 0 Å². The summed E-state index contributed by atoms with van der Waals surface area (Å²) in [5.74, 6) is 1.95. The second kappa shape index (κ2) is 6.70. The summed E-state index contributed by atoms with van der Waals surface area (Å²) < 4.78 is 2.04. The van der Waals surface area contributed by atoms with Crippen molar-refractivity contribution in [2.45, 2.75) is 18.8 Å². The normalized spacial score (nSPS) is 15.4. The molecular weight excluding hydrogens is 330 g/mol. The van der Waals surface area contributed by atoms with Gasteiger partial charge < -0.3 is 9.80 Å². The zero-order chi connectivity index (χ0) is 18.1. The van der Waals surface area contributed by atoms with Gasteiger partial charge in [0.15, 0.2) is 5.65 Å². The molecule has 26 heavy (non-hydrogen) atoms. The predicted molar refractivity (Wildman–Crippen MR) is 97.2 cm³/mol. The van der Waals surface area contributed by atoms with Crippen LogP contribution in [-0.2, 0) is 0 Å². The molecular formula is C18H21N7O. The Morgan fingerprint density at radius 3 is 2.62 bits per heavy atom. The number of hydrogen-bond acceptors (Lipinski definition) is 6. The predicted octanol–water partition coefficient (Wildman–Crippen LogP) is 1.61. The minimum absolute atomic E-state index is 0.0626. The van der Waals surface area contributed by atoms with Crippen molar-refractivity contribution in [3.8, 4) is 0 Å². The van der Waals surface area contributed by atoms with E-state index >= 15 is 0 Å².